The highest BCUT2D eigenvalue weighted by Crippen LogP contribution is 2.25. The lowest BCUT2D eigenvalue weighted by Gasteiger charge is -1.93. The molecule has 1 heteroatoms. The highest BCUT2D eigenvalue weighted by atomic mass is 16.5. The highest BCUT2D eigenvalue weighted by molar-refractivity contribution is 5.36. The van der Waals surface area contributed by atoms with Crippen molar-refractivity contribution in [3.05, 3.63) is 24.0 Å². The van der Waals surface area contributed by atoms with E-state index in [1.165, 1.54) is 5.57 Å². The summed E-state index contributed by atoms with van der Waals surface area (Å²) < 4.78 is 4.81. The summed E-state index contributed by atoms with van der Waals surface area (Å²) in [4.78, 5) is 0. The first-order valence-corrected chi connectivity index (χ1v) is 2.27. The van der Waals surface area contributed by atoms with Crippen LogP contribution in [0.25, 0.3) is 0 Å². The Labute approximate surface area is 43.3 Å². The SMILES string of the molecule is C=C(OC)C1=CC1. The van der Waals surface area contributed by atoms with Crippen molar-refractivity contribution in [3.63, 3.8) is 0 Å². The summed E-state index contributed by atoms with van der Waals surface area (Å²) in [6, 6.07) is 0. The number of methoxy groups -OCH3 is 1. The van der Waals surface area contributed by atoms with Crippen LogP contribution >= 0.6 is 0 Å². The molecule has 0 N–H and O–H groups in total. The van der Waals surface area contributed by atoms with E-state index >= 15 is 0 Å². The maximum absolute atomic E-state index is 4.81. The smallest absolute Gasteiger partial charge is 0.114 e. The first-order valence-electron chi connectivity index (χ1n) is 2.27. The van der Waals surface area contributed by atoms with Crippen molar-refractivity contribution in [1.29, 1.82) is 0 Å². The lowest BCUT2D eigenvalue weighted by Crippen LogP contribution is -1.77. The van der Waals surface area contributed by atoms with Gasteiger partial charge in [0.05, 0.1) is 7.11 Å². The van der Waals surface area contributed by atoms with E-state index in [9.17, 15) is 0 Å². The summed E-state index contributed by atoms with van der Waals surface area (Å²) in [5, 5.41) is 0. The van der Waals surface area contributed by atoms with Crippen LogP contribution in [0.15, 0.2) is 24.0 Å². The maximum Gasteiger partial charge on any atom is 0.114 e. The molecule has 0 fully saturated rings. The van der Waals surface area contributed by atoms with E-state index in [0.29, 0.717) is 0 Å². The number of hydrogen-bond acceptors (Lipinski definition) is 1. The Balaban J connectivity index is 2.39. The molecule has 38 valence electrons. The molecule has 1 rings (SSSR count). The van der Waals surface area contributed by atoms with E-state index in [1.807, 2.05) is 0 Å². The molecule has 0 aromatic heterocycles. The lowest BCUT2D eigenvalue weighted by molar-refractivity contribution is 0.305. The predicted octanol–water partition coefficient (Wildman–Crippen LogP) is 1.48. The summed E-state index contributed by atoms with van der Waals surface area (Å²) in [6.07, 6.45) is 3.17. The van der Waals surface area contributed by atoms with Crippen LogP contribution in [0.5, 0.6) is 0 Å². The van der Waals surface area contributed by atoms with Gasteiger partial charge in [0.2, 0.25) is 0 Å². The molecule has 0 aromatic carbocycles. The van der Waals surface area contributed by atoms with Crippen LogP contribution in [-0.4, -0.2) is 7.11 Å². The number of rotatable bonds is 2. The third-order valence-electron chi connectivity index (χ3n) is 1.01. The summed E-state index contributed by atoms with van der Waals surface area (Å²) in [5.74, 6) is 0.819. The van der Waals surface area contributed by atoms with Gasteiger partial charge in [0.15, 0.2) is 0 Å². The van der Waals surface area contributed by atoms with E-state index < -0.39 is 0 Å². The van der Waals surface area contributed by atoms with Gasteiger partial charge in [-0.05, 0) is 12.0 Å². The van der Waals surface area contributed by atoms with Gasteiger partial charge in [-0.25, -0.2) is 0 Å². The second-order valence-corrected chi connectivity index (χ2v) is 1.56. The van der Waals surface area contributed by atoms with E-state index in [-0.39, 0.29) is 0 Å². The Hall–Kier alpha value is -0.720. The molecule has 0 unspecified atom stereocenters. The number of allylic oxidation sites excluding steroid dienone is 2. The molecule has 1 aliphatic rings. The van der Waals surface area contributed by atoms with Gasteiger partial charge in [0.1, 0.15) is 5.76 Å². The van der Waals surface area contributed by atoms with Crippen molar-refractivity contribution in [2.75, 3.05) is 7.11 Å². The average molecular weight is 96.1 g/mol. The molecule has 1 nitrogen and oxygen atoms in total. The van der Waals surface area contributed by atoms with Crippen molar-refractivity contribution < 1.29 is 4.74 Å². The molecule has 0 aliphatic heterocycles. The molecular formula is C6H8O. The fourth-order valence-corrected chi connectivity index (χ4v) is 0.410. The Kier molecular flexibility index (Phi) is 0.895. The van der Waals surface area contributed by atoms with Gasteiger partial charge in [-0.15, -0.1) is 0 Å². The first kappa shape index (κ1) is 4.44. The molecule has 0 atom stereocenters. The summed E-state index contributed by atoms with van der Waals surface area (Å²) in [7, 11) is 1.64. The van der Waals surface area contributed by atoms with Crippen molar-refractivity contribution in [2.24, 2.45) is 0 Å². The summed E-state index contributed by atoms with van der Waals surface area (Å²) >= 11 is 0. The second-order valence-electron chi connectivity index (χ2n) is 1.56. The van der Waals surface area contributed by atoms with Crippen LogP contribution in [0.3, 0.4) is 0 Å². The average Bonchev–Trinajstić information content (AvgIpc) is 2.44. The van der Waals surface area contributed by atoms with Crippen LogP contribution in [0.1, 0.15) is 6.42 Å². The summed E-state index contributed by atoms with van der Waals surface area (Å²) in [6.45, 7) is 3.64. The van der Waals surface area contributed by atoms with E-state index in [4.69, 9.17) is 4.74 Å². The molecule has 0 bridgehead atoms. The molecule has 1 aliphatic carbocycles. The molecule has 0 heterocycles. The van der Waals surface area contributed by atoms with Gasteiger partial charge >= 0.3 is 0 Å². The third kappa shape index (κ3) is 0.829. The Morgan fingerprint density at radius 3 is 2.71 bits per heavy atom. The molecule has 0 radical (unpaired) electrons. The number of ether oxygens (including phenoxy) is 1. The van der Waals surface area contributed by atoms with Crippen LogP contribution in [0.2, 0.25) is 0 Å². The van der Waals surface area contributed by atoms with Gasteiger partial charge in [0.25, 0.3) is 0 Å². The monoisotopic (exact) mass is 96.1 g/mol. The first-order chi connectivity index (χ1) is 3.34. The van der Waals surface area contributed by atoms with Crippen molar-refractivity contribution >= 4 is 0 Å². The van der Waals surface area contributed by atoms with Gasteiger partial charge in [-0.2, -0.15) is 0 Å². The molecule has 0 saturated heterocycles. The minimum Gasteiger partial charge on any atom is -0.497 e. The summed E-state index contributed by atoms with van der Waals surface area (Å²) in [5.41, 5.74) is 1.25. The van der Waals surface area contributed by atoms with Crippen molar-refractivity contribution in [3.8, 4) is 0 Å². The third-order valence-corrected chi connectivity index (χ3v) is 1.01. The largest absolute Gasteiger partial charge is 0.497 e. The van der Waals surface area contributed by atoms with Crippen LogP contribution in [-0.2, 0) is 4.74 Å². The standard InChI is InChI=1S/C6H8O/c1-5(7-2)6-3-4-6/h3H,1,4H2,2H3. The fraction of sp³-hybridized carbons (Fsp3) is 0.333. The minimum absolute atomic E-state index is 0.819. The van der Waals surface area contributed by atoms with Crippen molar-refractivity contribution in [1.82, 2.24) is 0 Å². The fourth-order valence-electron chi connectivity index (χ4n) is 0.410. The van der Waals surface area contributed by atoms with Gasteiger partial charge in [-0.3, -0.25) is 0 Å². The van der Waals surface area contributed by atoms with Gasteiger partial charge in [-0.1, -0.05) is 12.7 Å². The molecule has 7 heavy (non-hydrogen) atoms. The predicted molar refractivity (Wildman–Crippen MR) is 28.8 cm³/mol. The number of hydrogen-bond donors (Lipinski definition) is 0. The Bertz CT molecular complexity index is 122. The Morgan fingerprint density at radius 1 is 2.00 bits per heavy atom. The molecule has 0 spiro atoms. The topological polar surface area (TPSA) is 9.23 Å². The Morgan fingerprint density at radius 2 is 2.57 bits per heavy atom. The molecular weight excluding hydrogens is 88.1 g/mol. The van der Waals surface area contributed by atoms with Crippen LogP contribution in [0, 0.1) is 0 Å². The zero-order valence-electron chi connectivity index (χ0n) is 4.40. The highest BCUT2D eigenvalue weighted by Gasteiger charge is 2.09. The molecule has 0 amide bonds. The van der Waals surface area contributed by atoms with Crippen molar-refractivity contribution in [2.45, 2.75) is 6.42 Å². The van der Waals surface area contributed by atoms with E-state index in [0.717, 1.165) is 12.2 Å². The molecule has 0 aromatic rings. The van der Waals surface area contributed by atoms with E-state index in [2.05, 4.69) is 12.7 Å². The van der Waals surface area contributed by atoms with Gasteiger partial charge < -0.3 is 4.74 Å². The minimum atomic E-state index is 0.819. The quantitative estimate of drug-likeness (QED) is 0.473. The molecule has 0 saturated carbocycles. The van der Waals surface area contributed by atoms with Gasteiger partial charge in [0, 0.05) is 0 Å². The second kappa shape index (κ2) is 1.41. The zero-order chi connectivity index (χ0) is 5.28. The maximum atomic E-state index is 4.81. The lowest BCUT2D eigenvalue weighted by atomic mass is 10.4. The van der Waals surface area contributed by atoms with Crippen LogP contribution in [0.4, 0.5) is 0 Å². The van der Waals surface area contributed by atoms with E-state index in [1.54, 1.807) is 7.11 Å². The normalized spacial score (nSPS) is 15.3. The van der Waals surface area contributed by atoms with Crippen LogP contribution < -0.4 is 0 Å². The zero-order valence-corrected chi connectivity index (χ0v) is 4.40.